The Morgan fingerprint density at radius 2 is 1.85 bits per heavy atom. The smallest absolute Gasteiger partial charge is 0.126 e. The molecule has 0 heterocycles. The van der Waals surface area contributed by atoms with E-state index in [2.05, 4.69) is 4.99 Å². The number of rotatable bonds is 2. The van der Waals surface area contributed by atoms with Crippen LogP contribution in [0, 0.1) is 11.6 Å². The van der Waals surface area contributed by atoms with E-state index in [9.17, 15) is 8.78 Å². The van der Waals surface area contributed by atoms with Crippen molar-refractivity contribution in [2.45, 2.75) is 6.42 Å². The largest absolute Gasteiger partial charge is 0.387 e. The van der Waals surface area contributed by atoms with Crippen LogP contribution in [0.3, 0.4) is 0 Å². The molecule has 0 unspecified atom stereocenters. The molecule has 0 bridgehead atoms. The minimum absolute atomic E-state index is 0.269. The molecule has 0 aliphatic rings. The number of benzene rings is 1. The Hall–Kier alpha value is -1.45. The van der Waals surface area contributed by atoms with Gasteiger partial charge in [0.05, 0.1) is 5.84 Å². The van der Waals surface area contributed by atoms with Gasteiger partial charge in [0.25, 0.3) is 0 Å². The van der Waals surface area contributed by atoms with Crippen LogP contribution >= 0.6 is 0 Å². The second-order valence-corrected chi connectivity index (χ2v) is 2.67. The predicted molar refractivity (Wildman–Crippen MR) is 47.6 cm³/mol. The van der Waals surface area contributed by atoms with Crippen LogP contribution in [-0.2, 0) is 6.42 Å². The molecule has 4 heteroatoms. The summed E-state index contributed by atoms with van der Waals surface area (Å²) >= 11 is 0. The number of nitrogens with zero attached hydrogens (tertiary/aromatic N) is 1. The summed E-state index contributed by atoms with van der Waals surface area (Å²) < 4.78 is 25.3. The lowest BCUT2D eigenvalue weighted by Gasteiger charge is -2.00. The van der Waals surface area contributed by atoms with Gasteiger partial charge in [-0.2, -0.15) is 0 Å². The predicted octanol–water partition coefficient (Wildman–Crippen LogP) is 1.49. The lowest BCUT2D eigenvalue weighted by molar-refractivity contribution is 0.581. The Morgan fingerprint density at radius 3 is 2.31 bits per heavy atom. The highest BCUT2D eigenvalue weighted by Gasteiger charge is 2.01. The summed E-state index contributed by atoms with van der Waals surface area (Å²) in [6.07, 6.45) is 0.269. The molecule has 0 radical (unpaired) electrons. The van der Waals surface area contributed by atoms with Gasteiger partial charge in [-0.3, -0.25) is 4.99 Å². The van der Waals surface area contributed by atoms with E-state index in [0.29, 0.717) is 11.4 Å². The van der Waals surface area contributed by atoms with E-state index in [1.54, 1.807) is 0 Å². The van der Waals surface area contributed by atoms with Crippen LogP contribution in [0.4, 0.5) is 8.78 Å². The molecule has 0 fully saturated rings. The molecular weight excluding hydrogens is 174 g/mol. The first-order chi connectivity index (χ1) is 6.11. The standard InChI is InChI=1S/C9H10F2N2/c1-13-9(12)4-6-2-7(10)5-8(11)3-6/h2-3,5H,4H2,1H3,(H2,12,13). The van der Waals surface area contributed by atoms with Gasteiger partial charge in [0.1, 0.15) is 11.6 Å². The van der Waals surface area contributed by atoms with Crippen LogP contribution < -0.4 is 5.73 Å². The van der Waals surface area contributed by atoms with E-state index in [0.717, 1.165) is 6.07 Å². The SMILES string of the molecule is CN=C(N)Cc1cc(F)cc(F)c1. The van der Waals surface area contributed by atoms with Crippen molar-refractivity contribution in [1.82, 2.24) is 0 Å². The maximum Gasteiger partial charge on any atom is 0.126 e. The maximum absolute atomic E-state index is 12.7. The van der Waals surface area contributed by atoms with Gasteiger partial charge in [-0.05, 0) is 17.7 Å². The van der Waals surface area contributed by atoms with Crippen molar-refractivity contribution in [3.63, 3.8) is 0 Å². The molecule has 13 heavy (non-hydrogen) atoms. The number of amidine groups is 1. The van der Waals surface area contributed by atoms with Crippen LogP contribution in [0.15, 0.2) is 23.2 Å². The quantitative estimate of drug-likeness (QED) is 0.549. The highest BCUT2D eigenvalue weighted by atomic mass is 19.1. The molecule has 2 N–H and O–H groups in total. The Morgan fingerprint density at radius 1 is 1.31 bits per heavy atom. The van der Waals surface area contributed by atoms with Gasteiger partial charge in [0.15, 0.2) is 0 Å². The van der Waals surface area contributed by atoms with Gasteiger partial charge in [0, 0.05) is 19.5 Å². The molecular formula is C9H10F2N2. The van der Waals surface area contributed by atoms with Gasteiger partial charge in [-0.15, -0.1) is 0 Å². The van der Waals surface area contributed by atoms with Gasteiger partial charge in [-0.25, -0.2) is 8.78 Å². The molecule has 2 nitrogen and oxygen atoms in total. The van der Waals surface area contributed by atoms with Gasteiger partial charge >= 0.3 is 0 Å². The first-order valence-corrected chi connectivity index (χ1v) is 3.78. The van der Waals surface area contributed by atoms with Crippen molar-refractivity contribution < 1.29 is 8.78 Å². The van der Waals surface area contributed by atoms with E-state index in [1.165, 1.54) is 19.2 Å². The normalized spacial score (nSPS) is 11.8. The van der Waals surface area contributed by atoms with Crippen LogP contribution in [0.25, 0.3) is 0 Å². The molecule has 1 rings (SSSR count). The number of aliphatic imine (C=N–C) groups is 1. The van der Waals surface area contributed by atoms with Crippen molar-refractivity contribution in [3.05, 3.63) is 35.4 Å². The van der Waals surface area contributed by atoms with Crippen LogP contribution in [-0.4, -0.2) is 12.9 Å². The summed E-state index contributed by atoms with van der Waals surface area (Å²) in [5, 5.41) is 0. The zero-order valence-corrected chi connectivity index (χ0v) is 7.22. The molecule has 0 amide bonds. The number of nitrogens with two attached hydrogens (primary N) is 1. The highest BCUT2D eigenvalue weighted by Crippen LogP contribution is 2.08. The van der Waals surface area contributed by atoms with Gasteiger partial charge in [0.2, 0.25) is 0 Å². The van der Waals surface area contributed by atoms with E-state index >= 15 is 0 Å². The molecule has 0 atom stereocenters. The third kappa shape index (κ3) is 2.82. The second-order valence-electron chi connectivity index (χ2n) is 2.67. The summed E-state index contributed by atoms with van der Waals surface area (Å²) in [7, 11) is 1.53. The van der Waals surface area contributed by atoms with Crippen LogP contribution in [0.5, 0.6) is 0 Å². The van der Waals surface area contributed by atoms with Gasteiger partial charge < -0.3 is 5.73 Å². The van der Waals surface area contributed by atoms with Crippen LogP contribution in [0.1, 0.15) is 5.56 Å². The van der Waals surface area contributed by atoms with Crippen molar-refractivity contribution in [2.24, 2.45) is 10.7 Å². The summed E-state index contributed by atoms with van der Waals surface area (Å²) in [4.78, 5) is 3.69. The topological polar surface area (TPSA) is 38.4 Å². The highest BCUT2D eigenvalue weighted by molar-refractivity contribution is 5.82. The summed E-state index contributed by atoms with van der Waals surface area (Å²) in [6.45, 7) is 0. The Balaban J connectivity index is 2.89. The minimum Gasteiger partial charge on any atom is -0.387 e. The monoisotopic (exact) mass is 184 g/mol. The van der Waals surface area contributed by atoms with E-state index < -0.39 is 11.6 Å². The molecule has 1 aromatic carbocycles. The van der Waals surface area contributed by atoms with Crippen molar-refractivity contribution >= 4 is 5.84 Å². The van der Waals surface area contributed by atoms with Crippen molar-refractivity contribution in [1.29, 1.82) is 0 Å². The third-order valence-corrected chi connectivity index (χ3v) is 1.59. The summed E-state index contributed by atoms with van der Waals surface area (Å²) in [6, 6.07) is 3.30. The summed E-state index contributed by atoms with van der Waals surface area (Å²) in [5.74, 6) is -0.845. The Labute approximate surface area is 75.1 Å². The van der Waals surface area contributed by atoms with E-state index in [-0.39, 0.29) is 6.42 Å². The molecule has 0 aliphatic carbocycles. The fraction of sp³-hybridized carbons (Fsp3) is 0.222. The molecule has 0 aromatic heterocycles. The lowest BCUT2D eigenvalue weighted by atomic mass is 10.1. The molecule has 0 saturated carbocycles. The zero-order chi connectivity index (χ0) is 9.84. The first-order valence-electron chi connectivity index (χ1n) is 3.78. The third-order valence-electron chi connectivity index (χ3n) is 1.59. The number of halogens is 2. The molecule has 0 saturated heterocycles. The minimum atomic E-state index is -0.598. The Bertz CT molecular complexity index is 314. The number of hydrogen-bond acceptors (Lipinski definition) is 1. The number of hydrogen-bond donors (Lipinski definition) is 1. The maximum atomic E-state index is 12.7. The average Bonchev–Trinajstić information content (AvgIpc) is 2.02. The van der Waals surface area contributed by atoms with Gasteiger partial charge in [-0.1, -0.05) is 0 Å². The van der Waals surface area contributed by atoms with Crippen molar-refractivity contribution in [2.75, 3.05) is 7.05 Å². The van der Waals surface area contributed by atoms with Crippen molar-refractivity contribution in [3.8, 4) is 0 Å². The second kappa shape index (κ2) is 3.98. The molecule has 1 aromatic rings. The molecule has 0 spiro atoms. The van der Waals surface area contributed by atoms with E-state index in [4.69, 9.17) is 5.73 Å². The lowest BCUT2D eigenvalue weighted by Crippen LogP contribution is -2.14. The zero-order valence-electron chi connectivity index (χ0n) is 7.22. The van der Waals surface area contributed by atoms with E-state index in [1.807, 2.05) is 0 Å². The molecule has 70 valence electrons. The van der Waals surface area contributed by atoms with Crippen LogP contribution in [0.2, 0.25) is 0 Å². The Kier molecular flexibility index (Phi) is 2.95. The first kappa shape index (κ1) is 9.64. The summed E-state index contributed by atoms with van der Waals surface area (Å²) in [5.41, 5.74) is 5.90. The fourth-order valence-corrected chi connectivity index (χ4v) is 1.00. The fourth-order valence-electron chi connectivity index (χ4n) is 1.00. The molecule has 0 aliphatic heterocycles. The average molecular weight is 184 g/mol.